The van der Waals surface area contributed by atoms with Crippen LogP contribution >= 0.6 is 15.9 Å². The molecule has 1 aliphatic carbocycles. The lowest BCUT2D eigenvalue weighted by Crippen LogP contribution is -2.35. The van der Waals surface area contributed by atoms with Crippen molar-refractivity contribution < 1.29 is 9.90 Å². The molecule has 0 radical (unpaired) electrons. The highest BCUT2D eigenvalue weighted by Gasteiger charge is 2.40. The van der Waals surface area contributed by atoms with Gasteiger partial charge in [-0.15, -0.1) is 0 Å². The number of anilines is 1. The lowest BCUT2D eigenvalue weighted by Gasteiger charge is -2.38. The fourth-order valence-electron chi connectivity index (χ4n) is 4.30. The first kappa shape index (κ1) is 19.1. The van der Waals surface area contributed by atoms with Gasteiger partial charge in [-0.25, -0.2) is 0 Å². The maximum atomic E-state index is 12.9. The van der Waals surface area contributed by atoms with Gasteiger partial charge in [-0.2, -0.15) is 0 Å². The number of phenolic OH excluding ortho intramolecular Hbond substituents is 1. The Morgan fingerprint density at radius 1 is 1.32 bits per heavy atom. The largest absolute Gasteiger partial charge is 0.508 e. The number of allylic oxidation sites excluding steroid dienone is 2. The standard InChI is InChI=1S/C23H25BrN2O2/c1-3-13(2)25-23(28)18-9-5-8-16-15-6-4-7-17(15)22(26-21(16)18)19-12-14(24)10-11-20(19)27/h4-6,8-13,15,17,22,26-27H,3,7H2,1-2H3,(H,25,28). The van der Waals surface area contributed by atoms with E-state index in [9.17, 15) is 9.90 Å². The molecule has 146 valence electrons. The van der Waals surface area contributed by atoms with Crippen molar-refractivity contribution in [2.75, 3.05) is 5.32 Å². The van der Waals surface area contributed by atoms with Gasteiger partial charge in [0.2, 0.25) is 0 Å². The fraction of sp³-hybridized carbons (Fsp3) is 0.348. The number of benzene rings is 2. The Hall–Kier alpha value is -2.27. The summed E-state index contributed by atoms with van der Waals surface area (Å²) in [6.45, 7) is 4.07. The molecule has 0 saturated carbocycles. The van der Waals surface area contributed by atoms with E-state index in [0.29, 0.717) is 11.5 Å². The zero-order valence-electron chi connectivity index (χ0n) is 16.1. The summed E-state index contributed by atoms with van der Waals surface area (Å²) in [7, 11) is 0. The van der Waals surface area contributed by atoms with E-state index >= 15 is 0 Å². The molecule has 4 atom stereocenters. The number of amides is 1. The van der Waals surface area contributed by atoms with Crippen molar-refractivity contribution >= 4 is 27.5 Å². The highest BCUT2D eigenvalue weighted by atomic mass is 79.9. The fourth-order valence-corrected chi connectivity index (χ4v) is 4.68. The molecular weight excluding hydrogens is 416 g/mol. The molecule has 5 heteroatoms. The average Bonchev–Trinajstić information content (AvgIpc) is 3.18. The van der Waals surface area contributed by atoms with Gasteiger partial charge in [0.05, 0.1) is 17.3 Å². The Balaban J connectivity index is 1.78. The summed E-state index contributed by atoms with van der Waals surface area (Å²) in [5.74, 6) is 0.754. The lowest BCUT2D eigenvalue weighted by molar-refractivity contribution is 0.0939. The molecule has 2 aromatic carbocycles. The molecule has 2 aliphatic rings. The van der Waals surface area contributed by atoms with Gasteiger partial charge in [0.1, 0.15) is 5.75 Å². The zero-order valence-corrected chi connectivity index (χ0v) is 17.7. The van der Waals surface area contributed by atoms with Crippen LogP contribution in [-0.4, -0.2) is 17.1 Å². The molecule has 0 fully saturated rings. The monoisotopic (exact) mass is 440 g/mol. The molecule has 1 aliphatic heterocycles. The van der Waals surface area contributed by atoms with Gasteiger partial charge in [-0.3, -0.25) is 4.79 Å². The van der Waals surface area contributed by atoms with Crippen LogP contribution in [0.4, 0.5) is 5.69 Å². The third-order valence-corrected chi connectivity index (χ3v) is 6.45. The maximum absolute atomic E-state index is 12.9. The van der Waals surface area contributed by atoms with E-state index in [1.165, 1.54) is 0 Å². The molecular formula is C23H25BrN2O2. The number of hydrogen-bond donors (Lipinski definition) is 3. The first-order valence-corrected chi connectivity index (χ1v) is 10.6. The highest BCUT2D eigenvalue weighted by molar-refractivity contribution is 9.10. The van der Waals surface area contributed by atoms with Gasteiger partial charge in [-0.05, 0) is 55.5 Å². The van der Waals surface area contributed by atoms with E-state index in [-0.39, 0.29) is 29.7 Å². The van der Waals surface area contributed by atoms with Crippen molar-refractivity contribution in [3.63, 3.8) is 0 Å². The van der Waals surface area contributed by atoms with Gasteiger partial charge < -0.3 is 15.7 Å². The van der Waals surface area contributed by atoms with Gasteiger partial charge in [0.15, 0.2) is 0 Å². The second-order valence-corrected chi connectivity index (χ2v) is 8.65. The quantitative estimate of drug-likeness (QED) is 0.549. The van der Waals surface area contributed by atoms with Crippen molar-refractivity contribution in [3.05, 3.63) is 69.7 Å². The molecule has 28 heavy (non-hydrogen) atoms. The van der Waals surface area contributed by atoms with Crippen LogP contribution in [0.2, 0.25) is 0 Å². The number of fused-ring (bicyclic) bond motifs is 3. The Morgan fingerprint density at radius 3 is 2.93 bits per heavy atom. The van der Waals surface area contributed by atoms with Crippen LogP contribution in [0.5, 0.6) is 5.75 Å². The number of hydrogen-bond acceptors (Lipinski definition) is 3. The number of carbonyl (C=O) groups is 1. The van der Waals surface area contributed by atoms with E-state index in [1.807, 2.05) is 31.2 Å². The summed E-state index contributed by atoms with van der Waals surface area (Å²) < 4.78 is 0.929. The minimum Gasteiger partial charge on any atom is -0.508 e. The number of nitrogens with one attached hydrogen (secondary N) is 2. The normalized spacial score (nSPS) is 23.5. The van der Waals surface area contributed by atoms with Crippen LogP contribution in [0.3, 0.4) is 0 Å². The van der Waals surface area contributed by atoms with E-state index in [1.54, 1.807) is 6.07 Å². The van der Waals surface area contributed by atoms with E-state index in [0.717, 1.165) is 34.1 Å². The average molecular weight is 441 g/mol. The van der Waals surface area contributed by atoms with E-state index < -0.39 is 0 Å². The maximum Gasteiger partial charge on any atom is 0.253 e. The summed E-state index contributed by atoms with van der Waals surface area (Å²) in [6.07, 6.45) is 6.27. The third kappa shape index (κ3) is 3.32. The molecule has 0 saturated heterocycles. The molecule has 0 spiro atoms. The smallest absolute Gasteiger partial charge is 0.253 e. The van der Waals surface area contributed by atoms with E-state index in [4.69, 9.17) is 0 Å². The minimum atomic E-state index is -0.0671. The van der Waals surface area contributed by atoms with Crippen LogP contribution < -0.4 is 10.6 Å². The lowest BCUT2D eigenvalue weighted by atomic mass is 9.76. The minimum absolute atomic E-state index is 0.0589. The number of halogens is 1. The summed E-state index contributed by atoms with van der Waals surface area (Å²) in [5, 5.41) is 17.2. The Labute approximate surface area is 174 Å². The van der Waals surface area contributed by atoms with Gasteiger partial charge >= 0.3 is 0 Å². The molecule has 2 aromatic rings. The number of rotatable bonds is 4. The molecule has 0 bridgehead atoms. The molecule has 1 amide bonds. The van der Waals surface area contributed by atoms with Crippen LogP contribution in [0.1, 0.15) is 60.1 Å². The summed E-state index contributed by atoms with van der Waals surface area (Å²) >= 11 is 3.52. The molecule has 4 nitrogen and oxygen atoms in total. The number of aromatic hydroxyl groups is 1. The predicted octanol–water partition coefficient (Wildman–Crippen LogP) is 5.51. The van der Waals surface area contributed by atoms with Crippen molar-refractivity contribution in [1.29, 1.82) is 0 Å². The van der Waals surface area contributed by atoms with Gasteiger partial charge in [0.25, 0.3) is 5.91 Å². The van der Waals surface area contributed by atoms with Crippen molar-refractivity contribution in [2.45, 2.75) is 44.7 Å². The van der Waals surface area contributed by atoms with Crippen LogP contribution in [-0.2, 0) is 0 Å². The second kappa shape index (κ2) is 7.63. The summed E-state index contributed by atoms with van der Waals surface area (Å²) in [4.78, 5) is 12.9. The second-order valence-electron chi connectivity index (χ2n) is 7.73. The number of para-hydroxylation sites is 1. The topological polar surface area (TPSA) is 61.4 Å². The van der Waals surface area contributed by atoms with Crippen molar-refractivity contribution in [2.24, 2.45) is 5.92 Å². The zero-order chi connectivity index (χ0) is 19.8. The Morgan fingerprint density at radius 2 is 2.14 bits per heavy atom. The highest BCUT2D eigenvalue weighted by Crippen LogP contribution is 2.52. The molecule has 4 rings (SSSR count). The van der Waals surface area contributed by atoms with Crippen LogP contribution in [0.25, 0.3) is 0 Å². The SMILES string of the molecule is CCC(C)NC(=O)c1cccc2c1NC(c1cc(Br)ccc1O)C1CC=CC21. The predicted molar refractivity (Wildman–Crippen MR) is 116 cm³/mol. The summed E-state index contributed by atoms with van der Waals surface area (Å²) in [6, 6.07) is 11.5. The molecule has 1 heterocycles. The van der Waals surface area contributed by atoms with Crippen molar-refractivity contribution in [3.8, 4) is 5.75 Å². The summed E-state index contributed by atoms with van der Waals surface area (Å²) in [5.41, 5.74) is 3.55. The van der Waals surface area contributed by atoms with Gasteiger partial charge in [0, 0.05) is 22.0 Å². The molecule has 4 unspecified atom stereocenters. The Bertz CT molecular complexity index is 940. The number of phenols is 1. The van der Waals surface area contributed by atoms with Crippen LogP contribution in [0.15, 0.2) is 53.0 Å². The van der Waals surface area contributed by atoms with Crippen LogP contribution in [0, 0.1) is 5.92 Å². The van der Waals surface area contributed by atoms with Gasteiger partial charge in [-0.1, -0.05) is 47.1 Å². The molecule has 3 N–H and O–H groups in total. The first-order chi connectivity index (χ1) is 13.5. The molecule has 0 aromatic heterocycles. The first-order valence-electron chi connectivity index (χ1n) is 9.85. The Kier molecular flexibility index (Phi) is 5.19. The van der Waals surface area contributed by atoms with E-state index in [2.05, 4.69) is 51.7 Å². The third-order valence-electron chi connectivity index (χ3n) is 5.96. The van der Waals surface area contributed by atoms with Crippen molar-refractivity contribution in [1.82, 2.24) is 5.32 Å². The number of carbonyl (C=O) groups excluding carboxylic acids is 1.